The molecule has 4 heteroatoms. The van der Waals surface area contributed by atoms with Crippen LogP contribution in [0.15, 0.2) is 18.2 Å². The number of phenols is 1. The Morgan fingerprint density at radius 1 is 1.38 bits per heavy atom. The van der Waals surface area contributed by atoms with Crippen molar-refractivity contribution in [2.45, 2.75) is 25.0 Å². The molecule has 2 atom stereocenters. The zero-order chi connectivity index (χ0) is 10.3. The topological polar surface area (TPSA) is 41.5 Å². The zero-order valence-electron chi connectivity index (χ0n) is 8.98. The molecular weight excluding hydrogens is 226 g/mol. The molecule has 1 saturated heterocycles. The predicted molar refractivity (Wildman–Crippen MR) is 64.2 cm³/mol. The number of morpholine rings is 1. The van der Waals surface area contributed by atoms with Gasteiger partial charge >= 0.3 is 0 Å². The summed E-state index contributed by atoms with van der Waals surface area (Å²) in [5.74, 6) is 0.337. The molecule has 1 unspecified atom stereocenters. The van der Waals surface area contributed by atoms with Crippen LogP contribution in [0, 0.1) is 0 Å². The van der Waals surface area contributed by atoms with Crippen molar-refractivity contribution in [3.63, 3.8) is 0 Å². The number of aryl methyl sites for hydroxylation is 1. The summed E-state index contributed by atoms with van der Waals surface area (Å²) in [5.41, 5.74) is 2.48. The van der Waals surface area contributed by atoms with Crippen LogP contribution in [0.5, 0.6) is 5.75 Å². The maximum absolute atomic E-state index is 9.50. The lowest BCUT2D eigenvalue weighted by molar-refractivity contribution is -0.0128. The lowest BCUT2D eigenvalue weighted by Crippen LogP contribution is -2.45. The van der Waals surface area contributed by atoms with Gasteiger partial charge in [-0.15, -0.1) is 12.4 Å². The molecule has 1 heterocycles. The predicted octanol–water partition coefficient (Wildman–Crippen LogP) is 1.79. The first-order valence-corrected chi connectivity index (χ1v) is 5.51. The highest BCUT2D eigenvalue weighted by Gasteiger charge is 2.32. The van der Waals surface area contributed by atoms with E-state index in [1.165, 1.54) is 11.1 Å². The van der Waals surface area contributed by atoms with Gasteiger partial charge < -0.3 is 15.2 Å². The van der Waals surface area contributed by atoms with Crippen LogP contribution in [-0.2, 0) is 11.2 Å². The van der Waals surface area contributed by atoms with Crippen molar-refractivity contribution in [2.75, 3.05) is 13.2 Å². The summed E-state index contributed by atoms with van der Waals surface area (Å²) >= 11 is 0. The van der Waals surface area contributed by atoms with E-state index in [1.54, 1.807) is 6.07 Å². The minimum Gasteiger partial charge on any atom is -0.508 e. The number of hydrogen-bond acceptors (Lipinski definition) is 3. The van der Waals surface area contributed by atoms with Crippen molar-refractivity contribution in [1.29, 1.82) is 0 Å². The van der Waals surface area contributed by atoms with Gasteiger partial charge in [0.1, 0.15) is 5.75 Å². The van der Waals surface area contributed by atoms with Gasteiger partial charge in [0, 0.05) is 12.6 Å². The zero-order valence-corrected chi connectivity index (χ0v) is 9.80. The van der Waals surface area contributed by atoms with Crippen molar-refractivity contribution in [3.8, 4) is 5.75 Å². The highest BCUT2D eigenvalue weighted by Crippen LogP contribution is 2.35. The smallest absolute Gasteiger partial charge is 0.115 e. The van der Waals surface area contributed by atoms with Gasteiger partial charge in [0.25, 0.3) is 0 Å². The maximum atomic E-state index is 9.50. The molecule has 0 amide bonds. The van der Waals surface area contributed by atoms with Crippen LogP contribution in [0.2, 0.25) is 0 Å². The normalized spacial score (nSPS) is 27.5. The first-order valence-electron chi connectivity index (χ1n) is 5.51. The van der Waals surface area contributed by atoms with Gasteiger partial charge in [-0.25, -0.2) is 0 Å². The van der Waals surface area contributed by atoms with Gasteiger partial charge in [-0.1, -0.05) is 6.07 Å². The second-order valence-electron chi connectivity index (χ2n) is 4.27. The molecule has 88 valence electrons. The van der Waals surface area contributed by atoms with E-state index in [2.05, 4.69) is 5.32 Å². The Morgan fingerprint density at radius 3 is 3.12 bits per heavy atom. The van der Waals surface area contributed by atoms with Gasteiger partial charge in [0.15, 0.2) is 0 Å². The Balaban J connectivity index is 0.000000963. The quantitative estimate of drug-likeness (QED) is 0.728. The van der Waals surface area contributed by atoms with Crippen molar-refractivity contribution >= 4 is 12.4 Å². The molecule has 2 aliphatic rings. The summed E-state index contributed by atoms with van der Waals surface area (Å²) in [4.78, 5) is 0. The number of nitrogens with one attached hydrogen (secondary N) is 1. The Morgan fingerprint density at radius 2 is 2.25 bits per heavy atom. The highest BCUT2D eigenvalue weighted by atomic mass is 35.5. The third-order valence-corrected chi connectivity index (χ3v) is 3.33. The van der Waals surface area contributed by atoms with Gasteiger partial charge in [-0.3, -0.25) is 0 Å². The second kappa shape index (κ2) is 4.62. The number of ether oxygens (including phenoxy) is 1. The molecule has 1 aliphatic carbocycles. The van der Waals surface area contributed by atoms with E-state index in [0.29, 0.717) is 11.8 Å². The number of benzene rings is 1. The second-order valence-corrected chi connectivity index (χ2v) is 4.27. The lowest BCUT2D eigenvalue weighted by Gasteiger charge is -2.37. The van der Waals surface area contributed by atoms with Gasteiger partial charge in [-0.2, -0.15) is 0 Å². The molecule has 3 nitrogen and oxygen atoms in total. The van der Waals surface area contributed by atoms with Crippen LogP contribution in [0.4, 0.5) is 0 Å². The molecule has 1 aromatic rings. The number of halogens is 1. The molecular formula is C12H16ClNO2. The molecule has 1 fully saturated rings. The fraction of sp³-hybridized carbons (Fsp3) is 0.500. The molecule has 1 aromatic carbocycles. The largest absolute Gasteiger partial charge is 0.508 e. The third-order valence-electron chi connectivity index (χ3n) is 3.33. The fourth-order valence-electron chi connectivity index (χ4n) is 2.60. The molecule has 0 radical (unpaired) electrons. The average Bonchev–Trinajstić information content (AvgIpc) is 2.29. The minimum atomic E-state index is 0. The Bertz CT molecular complexity index is 383. The fourth-order valence-corrected chi connectivity index (χ4v) is 2.60. The van der Waals surface area contributed by atoms with E-state index in [0.717, 1.165) is 26.0 Å². The van der Waals surface area contributed by atoms with E-state index < -0.39 is 0 Å². The Labute approximate surface area is 101 Å². The van der Waals surface area contributed by atoms with Crippen LogP contribution in [0.1, 0.15) is 23.7 Å². The minimum absolute atomic E-state index is 0. The van der Waals surface area contributed by atoms with Crippen LogP contribution in [0.25, 0.3) is 0 Å². The van der Waals surface area contributed by atoms with Crippen LogP contribution in [0.3, 0.4) is 0 Å². The first-order chi connectivity index (χ1) is 7.34. The molecule has 1 aliphatic heterocycles. The van der Waals surface area contributed by atoms with Gasteiger partial charge in [0.2, 0.25) is 0 Å². The number of fused-ring (bicyclic) bond motifs is 3. The maximum Gasteiger partial charge on any atom is 0.115 e. The first kappa shape index (κ1) is 11.7. The Kier molecular flexibility index (Phi) is 3.38. The average molecular weight is 242 g/mol. The summed E-state index contributed by atoms with van der Waals surface area (Å²) < 4.78 is 5.79. The summed E-state index contributed by atoms with van der Waals surface area (Å²) in [6.07, 6.45) is 2.34. The van der Waals surface area contributed by atoms with Crippen molar-refractivity contribution in [3.05, 3.63) is 29.3 Å². The van der Waals surface area contributed by atoms with Crippen molar-refractivity contribution in [1.82, 2.24) is 5.32 Å². The number of hydrogen-bond donors (Lipinski definition) is 2. The van der Waals surface area contributed by atoms with E-state index in [4.69, 9.17) is 4.74 Å². The molecule has 0 spiro atoms. The van der Waals surface area contributed by atoms with E-state index >= 15 is 0 Å². The number of rotatable bonds is 0. The molecule has 0 aromatic heterocycles. The molecule has 3 rings (SSSR count). The van der Waals surface area contributed by atoms with Gasteiger partial charge in [0.05, 0.1) is 12.7 Å². The van der Waals surface area contributed by atoms with E-state index in [1.807, 2.05) is 12.1 Å². The highest BCUT2D eigenvalue weighted by molar-refractivity contribution is 5.85. The van der Waals surface area contributed by atoms with Gasteiger partial charge in [-0.05, 0) is 36.1 Å². The molecule has 16 heavy (non-hydrogen) atoms. The monoisotopic (exact) mass is 241 g/mol. The summed E-state index contributed by atoms with van der Waals surface area (Å²) in [6, 6.07) is 6.04. The molecule has 0 saturated carbocycles. The van der Waals surface area contributed by atoms with Crippen molar-refractivity contribution < 1.29 is 9.84 Å². The van der Waals surface area contributed by atoms with Crippen LogP contribution >= 0.6 is 12.4 Å². The summed E-state index contributed by atoms with van der Waals surface area (Å²) in [7, 11) is 0. The number of phenolic OH excluding ortho intramolecular Hbond substituents is 1. The number of aromatic hydroxyl groups is 1. The standard InChI is InChI=1S/C12H15NO2.ClH/c14-9-3-1-8-2-4-11-12(10(8)7-9)15-6-5-13-11;/h1,3,7,11-14H,2,4-6H2;1H/t11?,12-;/m1./s1. The lowest BCUT2D eigenvalue weighted by atomic mass is 9.85. The third kappa shape index (κ3) is 1.90. The SMILES string of the molecule is Cl.Oc1ccc2c(c1)[C@H]1OCCNC1CC2. The Hall–Kier alpha value is -0.770. The van der Waals surface area contributed by atoms with Crippen LogP contribution < -0.4 is 5.32 Å². The molecule has 0 bridgehead atoms. The summed E-state index contributed by atoms with van der Waals surface area (Å²) in [5, 5.41) is 13.0. The van der Waals surface area contributed by atoms with E-state index in [-0.39, 0.29) is 18.5 Å². The van der Waals surface area contributed by atoms with Crippen molar-refractivity contribution in [2.24, 2.45) is 0 Å². The van der Waals surface area contributed by atoms with Crippen LogP contribution in [-0.4, -0.2) is 24.3 Å². The van der Waals surface area contributed by atoms with E-state index in [9.17, 15) is 5.11 Å². The molecule has 2 N–H and O–H groups in total. The summed E-state index contributed by atoms with van der Waals surface area (Å²) in [6.45, 7) is 1.70.